The average molecular weight is 543 g/mol. The fraction of sp³-hybridized carbons (Fsp3) is 0.647. The third-order valence-electron chi connectivity index (χ3n) is 13.0. The van der Waals surface area contributed by atoms with Gasteiger partial charge in [0.15, 0.2) is 12.0 Å². The Morgan fingerprint density at radius 1 is 1.10 bits per heavy atom. The Hall–Kier alpha value is -2.60. The summed E-state index contributed by atoms with van der Waals surface area (Å²) >= 11 is 0. The van der Waals surface area contributed by atoms with E-state index < -0.39 is 0 Å². The van der Waals surface area contributed by atoms with E-state index in [0.29, 0.717) is 11.3 Å². The van der Waals surface area contributed by atoms with E-state index in [0.717, 1.165) is 56.5 Å². The molecule has 4 aliphatic carbocycles. The number of rotatable bonds is 1. The lowest BCUT2D eigenvalue weighted by Gasteiger charge is -2.70. The molecule has 1 aliphatic heterocycles. The molecule has 2 N–H and O–H groups in total. The molecule has 214 valence electrons. The van der Waals surface area contributed by atoms with E-state index in [1.54, 1.807) is 6.39 Å². The van der Waals surface area contributed by atoms with Gasteiger partial charge in [-0.1, -0.05) is 45.9 Å². The van der Waals surface area contributed by atoms with Crippen molar-refractivity contribution in [2.24, 2.45) is 27.6 Å². The van der Waals surface area contributed by atoms with Crippen molar-refractivity contribution in [1.29, 1.82) is 0 Å². The predicted molar refractivity (Wildman–Crippen MR) is 161 cm³/mol. The SMILES string of the molecule is Cc1c2c(cc3ncoc13)C1=CC[C@@]3(C)[C@@H]4C[C@](C)(NC(=O)N5CCNCC5)CC[C@]4(C)CC[C@]3(C)[C@]1(C)C=C2. The van der Waals surface area contributed by atoms with Crippen LogP contribution in [0.1, 0.15) is 89.8 Å². The number of hydrogen-bond acceptors (Lipinski definition) is 4. The second-order valence-electron chi connectivity index (χ2n) is 14.9. The summed E-state index contributed by atoms with van der Waals surface area (Å²) in [4.78, 5) is 19.9. The Kier molecular flexibility index (Phi) is 5.57. The minimum atomic E-state index is -0.178. The Bertz CT molecular complexity index is 1450. The second-order valence-corrected chi connectivity index (χ2v) is 14.9. The monoisotopic (exact) mass is 542 g/mol. The number of piperazine rings is 1. The van der Waals surface area contributed by atoms with Gasteiger partial charge in [0.25, 0.3) is 0 Å². The summed E-state index contributed by atoms with van der Waals surface area (Å²) in [5.74, 6) is 0.532. The van der Waals surface area contributed by atoms with E-state index in [2.05, 4.69) is 81.5 Å². The Morgan fingerprint density at radius 3 is 2.62 bits per heavy atom. The first kappa shape index (κ1) is 26.3. The van der Waals surface area contributed by atoms with E-state index >= 15 is 0 Å². The number of carbonyl (C=O) groups is 1. The molecule has 5 aliphatic rings. The van der Waals surface area contributed by atoms with Crippen LogP contribution in [0, 0.1) is 34.5 Å². The summed E-state index contributed by atoms with van der Waals surface area (Å²) in [5, 5.41) is 6.92. The van der Waals surface area contributed by atoms with Gasteiger partial charge in [0.05, 0.1) is 0 Å². The molecule has 6 heteroatoms. The van der Waals surface area contributed by atoms with Crippen molar-refractivity contribution in [3.8, 4) is 0 Å². The molecular weight excluding hydrogens is 496 g/mol. The van der Waals surface area contributed by atoms with Crippen molar-refractivity contribution < 1.29 is 9.21 Å². The number of nitrogens with zero attached hydrogens (tertiary/aromatic N) is 2. The minimum absolute atomic E-state index is 0.0733. The van der Waals surface area contributed by atoms with Gasteiger partial charge in [0, 0.05) is 42.7 Å². The molecule has 0 unspecified atom stereocenters. The van der Waals surface area contributed by atoms with Crippen LogP contribution in [0.15, 0.2) is 29.0 Å². The van der Waals surface area contributed by atoms with Gasteiger partial charge in [-0.15, -0.1) is 0 Å². The maximum atomic E-state index is 13.4. The standard InChI is InChI=1S/C34H46N4O2/c1-22-23-7-9-32(4)25(24(23)19-26-28(22)40-21-36-26)8-10-33(5)27-20-31(3,37-29(39)38-17-15-35-16-18-38)13-11-30(27,2)12-14-34(32,33)6/h7-9,19,21,27,35H,10-18,20H2,1-6H3,(H,37,39)/t27-,30-,31-,32-,33+,34-/m1/s1. The quantitative estimate of drug-likeness (QED) is 0.409. The molecule has 0 bridgehead atoms. The number of allylic oxidation sites excluding steroid dienone is 3. The van der Waals surface area contributed by atoms with Gasteiger partial charge in [-0.05, 0) is 97.3 Å². The van der Waals surface area contributed by atoms with Gasteiger partial charge < -0.3 is 20.0 Å². The highest BCUT2D eigenvalue weighted by atomic mass is 16.3. The molecule has 2 heterocycles. The van der Waals surface area contributed by atoms with Gasteiger partial charge in [0.1, 0.15) is 5.52 Å². The number of carbonyl (C=O) groups excluding carboxylic acids is 1. The van der Waals surface area contributed by atoms with E-state index in [1.807, 2.05) is 4.90 Å². The van der Waals surface area contributed by atoms with Crippen LogP contribution in [-0.2, 0) is 0 Å². The van der Waals surface area contributed by atoms with Crippen LogP contribution in [0.25, 0.3) is 22.7 Å². The summed E-state index contributed by atoms with van der Waals surface area (Å²) in [7, 11) is 0. The van der Waals surface area contributed by atoms with Gasteiger partial charge in [-0.2, -0.15) is 0 Å². The zero-order valence-electron chi connectivity index (χ0n) is 25.2. The highest BCUT2D eigenvalue weighted by molar-refractivity contribution is 5.93. The van der Waals surface area contributed by atoms with Crippen LogP contribution >= 0.6 is 0 Å². The first-order valence-electron chi connectivity index (χ1n) is 15.5. The molecule has 7 rings (SSSR count). The number of aryl methyl sites for hydroxylation is 1. The normalized spacial score (nSPS) is 40.5. The maximum Gasteiger partial charge on any atom is 0.317 e. The second kappa shape index (κ2) is 8.47. The molecule has 0 radical (unpaired) electrons. The number of amides is 2. The molecule has 2 saturated carbocycles. The van der Waals surface area contributed by atoms with Crippen LogP contribution in [0.2, 0.25) is 0 Å². The molecule has 1 aromatic heterocycles. The van der Waals surface area contributed by atoms with E-state index in [4.69, 9.17) is 4.42 Å². The molecule has 6 nitrogen and oxygen atoms in total. The number of benzene rings is 1. The van der Waals surface area contributed by atoms with Gasteiger partial charge in [-0.25, -0.2) is 9.78 Å². The fourth-order valence-corrected chi connectivity index (χ4v) is 9.92. The van der Waals surface area contributed by atoms with E-state index in [-0.39, 0.29) is 27.8 Å². The van der Waals surface area contributed by atoms with Crippen molar-refractivity contribution in [3.05, 3.63) is 41.3 Å². The highest BCUT2D eigenvalue weighted by Gasteiger charge is 2.67. The number of fused-ring (bicyclic) bond motifs is 8. The molecule has 0 spiro atoms. The highest BCUT2D eigenvalue weighted by Crippen LogP contribution is 2.75. The summed E-state index contributed by atoms with van der Waals surface area (Å²) in [6.07, 6.45) is 15.9. The van der Waals surface area contributed by atoms with Crippen molar-refractivity contribution in [1.82, 2.24) is 20.5 Å². The molecule has 2 amide bonds. The first-order valence-corrected chi connectivity index (χ1v) is 15.5. The average Bonchev–Trinajstić information content (AvgIpc) is 3.41. The zero-order valence-corrected chi connectivity index (χ0v) is 25.2. The van der Waals surface area contributed by atoms with Crippen LogP contribution in [0.5, 0.6) is 0 Å². The van der Waals surface area contributed by atoms with Crippen LogP contribution in [-0.4, -0.2) is 47.6 Å². The molecule has 1 saturated heterocycles. The topological polar surface area (TPSA) is 70.4 Å². The van der Waals surface area contributed by atoms with Crippen molar-refractivity contribution in [3.63, 3.8) is 0 Å². The summed E-state index contributed by atoms with van der Waals surface area (Å²) < 4.78 is 5.75. The van der Waals surface area contributed by atoms with E-state index in [9.17, 15) is 4.79 Å². The largest absolute Gasteiger partial charge is 0.443 e. The molecule has 2 aromatic rings. The van der Waals surface area contributed by atoms with Gasteiger partial charge in [-0.3, -0.25) is 0 Å². The third kappa shape index (κ3) is 3.38. The van der Waals surface area contributed by atoms with Crippen LogP contribution in [0.4, 0.5) is 4.79 Å². The smallest absolute Gasteiger partial charge is 0.317 e. The number of nitrogens with one attached hydrogen (secondary N) is 2. The van der Waals surface area contributed by atoms with E-state index in [1.165, 1.54) is 41.5 Å². The number of oxazole rings is 1. The zero-order chi connectivity index (χ0) is 28.1. The summed E-state index contributed by atoms with van der Waals surface area (Å²) in [5.41, 5.74) is 7.37. The molecular formula is C34H46N4O2. The summed E-state index contributed by atoms with van der Waals surface area (Å²) in [6, 6.07) is 2.38. The Morgan fingerprint density at radius 2 is 1.85 bits per heavy atom. The summed E-state index contributed by atoms with van der Waals surface area (Å²) in [6.45, 7) is 18.0. The third-order valence-corrected chi connectivity index (χ3v) is 13.0. The molecule has 6 atom stereocenters. The van der Waals surface area contributed by atoms with Gasteiger partial charge >= 0.3 is 6.03 Å². The molecule has 3 fully saturated rings. The maximum absolute atomic E-state index is 13.4. The minimum Gasteiger partial charge on any atom is -0.443 e. The van der Waals surface area contributed by atoms with Gasteiger partial charge in [0.2, 0.25) is 0 Å². The van der Waals surface area contributed by atoms with Crippen molar-refractivity contribution in [2.45, 2.75) is 85.6 Å². The fourth-order valence-electron chi connectivity index (χ4n) is 9.92. The van der Waals surface area contributed by atoms with Crippen molar-refractivity contribution >= 4 is 28.8 Å². The lowest BCUT2D eigenvalue weighted by Crippen LogP contribution is -2.66. The number of hydrogen-bond donors (Lipinski definition) is 2. The number of urea groups is 1. The van der Waals surface area contributed by atoms with Crippen LogP contribution < -0.4 is 10.6 Å². The molecule has 40 heavy (non-hydrogen) atoms. The predicted octanol–water partition coefficient (Wildman–Crippen LogP) is 6.94. The van der Waals surface area contributed by atoms with Crippen molar-refractivity contribution in [2.75, 3.05) is 26.2 Å². The first-order chi connectivity index (χ1) is 18.9. The Balaban J connectivity index is 1.26. The lowest BCUT2D eigenvalue weighted by molar-refractivity contribution is -0.171. The lowest BCUT2D eigenvalue weighted by atomic mass is 9.34. The van der Waals surface area contributed by atoms with Crippen LogP contribution in [0.3, 0.4) is 0 Å². The number of aromatic nitrogens is 1. The Labute approximate surface area is 239 Å². The molecule has 1 aromatic carbocycles.